The normalized spacial score (nSPS) is 11.6. The summed E-state index contributed by atoms with van der Waals surface area (Å²) < 4.78 is 1.35. The SMILES string of the molecule is CCCCCCCCCC[N+](CCCCCCCCCC)(CCCCCCCCCC)Cc1ccc(CC)cc1.[Cl-]. The lowest BCUT2D eigenvalue weighted by molar-refractivity contribution is -0.941. The summed E-state index contributed by atoms with van der Waals surface area (Å²) in [6.07, 6.45) is 35.5. The van der Waals surface area contributed by atoms with Gasteiger partial charge in [-0.15, -0.1) is 0 Å². The lowest BCUT2D eigenvalue weighted by Gasteiger charge is -2.39. The average Bonchev–Trinajstić information content (AvgIpc) is 2.97. The molecule has 0 bridgehead atoms. The zero-order valence-electron chi connectivity index (χ0n) is 28.6. The molecular weight excluding hydrogens is 518 g/mol. The Balaban J connectivity index is 0.0000160. The number of rotatable bonds is 30. The van der Waals surface area contributed by atoms with Crippen molar-refractivity contribution in [2.75, 3.05) is 19.6 Å². The Kier molecular flexibility index (Phi) is 29.2. The maximum absolute atomic E-state index is 2.46. The van der Waals surface area contributed by atoms with Crippen LogP contribution in [0.5, 0.6) is 0 Å². The van der Waals surface area contributed by atoms with E-state index in [2.05, 4.69) is 52.0 Å². The molecule has 0 amide bonds. The first-order chi connectivity index (χ1) is 19.7. The fourth-order valence-electron chi connectivity index (χ4n) is 6.58. The molecule has 0 saturated carbocycles. The number of aryl methyl sites for hydroxylation is 1. The number of nitrogens with zero attached hydrogens (tertiary/aromatic N) is 1. The second-order valence-corrected chi connectivity index (χ2v) is 13.3. The average molecular weight is 592 g/mol. The van der Waals surface area contributed by atoms with Crippen LogP contribution in [0.2, 0.25) is 0 Å². The summed E-state index contributed by atoms with van der Waals surface area (Å²) in [6, 6.07) is 9.71. The molecule has 0 fully saturated rings. The van der Waals surface area contributed by atoms with Crippen molar-refractivity contribution in [2.24, 2.45) is 0 Å². The van der Waals surface area contributed by atoms with Gasteiger partial charge >= 0.3 is 0 Å². The predicted molar refractivity (Wildman–Crippen MR) is 182 cm³/mol. The maximum Gasteiger partial charge on any atom is 0.104 e. The third-order valence-corrected chi connectivity index (χ3v) is 9.41. The molecular formula is C39H74ClN. The molecule has 2 heteroatoms. The van der Waals surface area contributed by atoms with Crippen LogP contribution >= 0.6 is 0 Å². The van der Waals surface area contributed by atoms with Crippen molar-refractivity contribution in [3.8, 4) is 0 Å². The molecule has 1 rings (SSSR count). The Labute approximate surface area is 266 Å². The number of hydrogen-bond acceptors (Lipinski definition) is 0. The van der Waals surface area contributed by atoms with Gasteiger partial charge in [-0.3, -0.25) is 0 Å². The highest BCUT2D eigenvalue weighted by Gasteiger charge is 2.26. The van der Waals surface area contributed by atoms with Crippen LogP contribution in [0.3, 0.4) is 0 Å². The van der Waals surface area contributed by atoms with Crippen LogP contribution < -0.4 is 12.4 Å². The van der Waals surface area contributed by atoms with E-state index in [1.165, 1.54) is 190 Å². The number of unbranched alkanes of at least 4 members (excludes halogenated alkanes) is 21. The highest BCUT2D eigenvalue weighted by Crippen LogP contribution is 2.23. The van der Waals surface area contributed by atoms with Crippen molar-refractivity contribution >= 4 is 0 Å². The minimum Gasteiger partial charge on any atom is -1.00 e. The molecule has 0 atom stereocenters. The fraction of sp³-hybridized carbons (Fsp3) is 0.846. The lowest BCUT2D eigenvalue weighted by atomic mass is 10.0. The fourth-order valence-corrected chi connectivity index (χ4v) is 6.58. The molecule has 0 heterocycles. The van der Waals surface area contributed by atoms with E-state index in [9.17, 15) is 0 Å². The van der Waals surface area contributed by atoms with Crippen molar-refractivity contribution in [1.82, 2.24) is 0 Å². The van der Waals surface area contributed by atoms with Gasteiger partial charge in [-0.25, -0.2) is 0 Å². The Morgan fingerprint density at radius 1 is 0.366 bits per heavy atom. The van der Waals surface area contributed by atoms with E-state index in [-0.39, 0.29) is 12.4 Å². The van der Waals surface area contributed by atoms with Crippen LogP contribution in [0.4, 0.5) is 0 Å². The van der Waals surface area contributed by atoms with E-state index in [0.717, 1.165) is 6.42 Å². The zero-order valence-corrected chi connectivity index (χ0v) is 29.4. The Bertz CT molecular complexity index is 589. The molecule has 41 heavy (non-hydrogen) atoms. The smallest absolute Gasteiger partial charge is 0.104 e. The Morgan fingerprint density at radius 2 is 0.634 bits per heavy atom. The first-order valence-electron chi connectivity index (χ1n) is 18.6. The quantitative estimate of drug-likeness (QED) is 0.0616. The van der Waals surface area contributed by atoms with Crippen molar-refractivity contribution in [3.63, 3.8) is 0 Å². The van der Waals surface area contributed by atoms with Crippen molar-refractivity contribution in [2.45, 2.75) is 195 Å². The van der Waals surface area contributed by atoms with E-state index in [4.69, 9.17) is 0 Å². The van der Waals surface area contributed by atoms with E-state index < -0.39 is 0 Å². The Morgan fingerprint density at radius 3 is 0.927 bits per heavy atom. The molecule has 0 N–H and O–H groups in total. The topological polar surface area (TPSA) is 0 Å². The van der Waals surface area contributed by atoms with Crippen molar-refractivity contribution in [3.05, 3.63) is 35.4 Å². The van der Waals surface area contributed by atoms with Crippen molar-refractivity contribution in [1.29, 1.82) is 0 Å². The number of benzene rings is 1. The van der Waals surface area contributed by atoms with Gasteiger partial charge in [0.15, 0.2) is 0 Å². The van der Waals surface area contributed by atoms with Gasteiger partial charge in [0.05, 0.1) is 19.6 Å². The van der Waals surface area contributed by atoms with Gasteiger partial charge in [-0.05, 0) is 50.5 Å². The van der Waals surface area contributed by atoms with Crippen LogP contribution in [0, 0.1) is 0 Å². The van der Waals surface area contributed by atoms with E-state index in [1.807, 2.05) is 0 Å². The molecule has 1 aromatic rings. The van der Waals surface area contributed by atoms with Gasteiger partial charge in [0.25, 0.3) is 0 Å². The van der Waals surface area contributed by atoms with E-state index in [0.29, 0.717) is 0 Å². The van der Waals surface area contributed by atoms with Crippen LogP contribution in [0.1, 0.15) is 193 Å². The second kappa shape index (κ2) is 29.5. The lowest BCUT2D eigenvalue weighted by Crippen LogP contribution is -3.00. The molecule has 0 aliphatic rings. The molecule has 242 valence electrons. The monoisotopic (exact) mass is 592 g/mol. The van der Waals surface area contributed by atoms with Gasteiger partial charge in [0.2, 0.25) is 0 Å². The summed E-state index contributed by atoms with van der Waals surface area (Å²) in [7, 11) is 0. The maximum atomic E-state index is 2.46. The number of hydrogen-bond donors (Lipinski definition) is 0. The predicted octanol–water partition coefficient (Wildman–Crippen LogP) is 9.99. The standard InChI is InChI=1S/C39H74N.ClH/c1-5-9-12-15-18-21-24-27-34-40(35-28-25-22-19-16-13-10-6-2,36-29-26-23-20-17-14-11-7-3)37-39-32-30-38(8-4)31-33-39;/h30-33H,5-29,34-37H2,1-4H3;1H/q+1;/p-1. The Hall–Kier alpha value is -0.530. The third-order valence-electron chi connectivity index (χ3n) is 9.41. The molecule has 0 saturated heterocycles. The highest BCUT2D eigenvalue weighted by molar-refractivity contribution is 5.21. The van der Waals surface area contributed by atoms with Gasteiger partial charge in [0.1, 0.15) is 6.54 Å². The van der Waals surface area contributed by atoms with Crippen molar-refractivity contribution < 1.29 is 16.9 Å². The second-order valence-electron chi connectivity index (χ2n) is 13.3. The zero-order chi connectivity index (χ0) is 29.0. The molecule has 1 aromatic carbocycles. The molecule has 0 aliphatic heterocycles. The first-order valence-corrected chi connectivity index (χ1v) is 18.6. The summed E-state index contributed by atoms with van der Waals surface area (Å²) in [5, 5.41) is 0. The molecule has 0 aromatic heterocycles. The summed E-state index contributed by atoms with van der Waals surface area (Å²) >= 11 is 0. The van der Waals surface area contributed by atoms with Gasteiger partial charge in [0, 0.05) is 5.56 Å². The molecule has 0 unspecified atom stereocenters. The van der Waals surface area contributed by atoms with E-state index >= 15 is 0 Å². The summed E-state index contributed by atoms with van der Waals surface area (Å²) in [5.41, 5.74) is 3.06. The minimum absolute atomic E-state index is 0. The van der Waals surface area contributed by atoms with Crippen LogP contribution in [-0.4, -0.2) is 24.1 Å². The molecule has 0 radical (unpaired) electrons. The number of halogens is 1. The summed E-state index contributed by atoms with van der Waals surface area (Å²) in [4.78, 5) is 0. The number of quaternary nitrogens is 1. The van der Waals surface area contributed by atoms with Crippen LogP contribution in [0.15, 0.2) is 24.3 Å². The molecule has 0 spiro atoms. The summed E-state index contributed by atoms with van der Waals surface area (Å²) in [5.74, 6) is 0. The van der Waals surface area contributed by atoms with Gasteiger partial charge in [-0.2, -0.15) is 0 Å². The van der Waals surface area contributed by atoms with Gasteiger partial charge in [-0.1, -0.05) is 168 Å². The molecule has 1 nitrogen and oxygen atoms in total. The van der Waals surface area contributed by atoms with Crippen LogP contribution in [-0.2, 0) is 13.0 Å². The summed E-state index contributed by atoms with van der Waals surface area (Å²) in [6.45, 7) is 14.7. The first kappa shape index (κ1) is 40.5. The molecule has 0 aliphatic carbocycles. The highest BCUT2D eigenvalue weighted by atomic mass is 35.5. The van der Waals surface area contributed by atoms with Crippen LogP contribution in [0.25, 0.3) is 0 Å². The third kappa shape index (κ3) is 22.6. The minimum atomic E-state index is 0. The van der Waals surface area contributed by atoms with Gasteiger partial charge < -0.3 is 16.9 Å². The van der Waals surface area contributed by atoms with E-state index in [1.54, 1.807) is 5.56 Å². The largest absolute Gasteiger partial charge is 1.00 e.